The standard InChI is InChI=1S/C14H16ClNO2S/c1-17-13-7-10(6-12(15)14(13)18-2)8-16-9-11-4-3-5-19-11/h3-7,16H,8-9H2,1-2H3. The van der Waals surface area contributed by atoms with Crippen LogP contribution in [0, 0.1) is 0 Å². The van der Waals surface area contributed by atoms with E-state index in [4.69, 9.17) is 21.1 Å². The van der Waals surface area contributed by atoms with Crippen molar-refractivity contribution in [2.75, 3.05) is 14.2 Å². The summed E-state index contributed by atoms with van der Waals surface area (Å²) in [5.41, 5.74) is 1.07. The number of hydrogen-bond acceptors (Lipinski definition) is 4. The number of thiophene rings is 1. The first-order valence-electron chi connectivity index (χ1n) is 5.88. The van der Waals surface area contributed by atoms with E-state index in [2.05, 4.69) is 22.8 Å². The summed E-state index contributed by atoms with van der Waals surface area (Å²) in [6.07, 6.45) is 0. The zero-order chi connectivity index (χ0) is 13.7. The second-order valence-electron chi connectivity index (χ2n) is 4.00. The van der Waals surface area contributed by atoms with Crippen molar-refractivity contribution in [1.82, 2.24) is 5.32 Å². The van der Waals surface area contributed by atoms with Crippen LogP contribution in [0.2, 0.25) is 5.02 Å². The van der Waals surface area contributed by atoms with Crippen LogP contribution in [0.4, 0.5) is 0 Å². The van der Waals surface area contributed by atoms with Gasteiger partial charge in [0.2, 0.25) is 0 Å². The summed E-state index contributed by atoms with van der Waals surface area (Å²) in [5, 5.41) is 6.01. The lowest BCUT2D eigenvalue weighted by Gasteiger charge is -2.12. The molecule has 3 nitrogen and oxygen atoms in total. The maximum Gasteiger partial charge on any atom is 0.179 e. The lowest BCUT2D eigenvalue weighted by Crippen LogP contribution is -2.12. The van der Waals surface area contributed by atoms with Gasteiger partial charge < -0.3 is 14.8 Å². The maximum absolute atomic E-state index is 6.16. The lowest BCUT2D eigenvalue weighted by atomic mass is 10.2. The van der Waals surface area contributed by atoms with Crippen molar-refractivity contribution in [3.63, 3.8) is 0 Å². The fraction of sp³-hybridized carbons (Fsp3) is 0.286. The van der Waals surface area contributed by atoms with Crippen molar-refractivity contribution < 1.29 is 9.47 Å². The number of halogens is 1. The Morgan fingerprint density at radius 1 is 1.21 bits per heavy atom. The molecule has 1 heterocycles. The molecule has 1 aromatic carbocycles. The molecule has 2 aromatic rings. The average Bonchev–Trinajstić information content (AvgIpc) is 2.91. The summed E-state index contributed by atoms with van der Waals surface area (Å²) in [6, 6.07) is 7.99. The summed E-state index contributed by atoms with van der Waals surface area (Å²) in [5.74, 6) is 1.23. The lowest BCUT2D eigenvalue weighted by molar-refractivity contribution is 0.354. The van der Waals surface area contributed by atoms with E-state index < -0.39 is 0 Å². The summed E-state index contributed by atoms with van der Waals surface area (Å²) >= 11 is 7.90. The van der Waals surface area contributed by atoms with Crippen LogP contribution in [0.1, 0.15) is 10.4 Å². The van der Waals surface area contributed by atoms with E-state index in [0.717, 1.165) is 18.7 Å². The molecule has 5 heteroatoms. The maximum atomic E-state index is 6.16. The van der Waals surface area contributed by atoms with Crippen LogP contribution >= 0.6 is 22.9 Å². The Hall–Kier alpha value is -1.23. The van der Waals surface area contributed by atoms with Gasteiger partial charge in [-0.1, -0.05) is 17.7 Å². The van der Waals surface area contributed by atoms with Crippen molar-refractivity contribution in [2.24, 2.45) is 0 Å². The molecule has 0 aliphatic heterocycles. The molecule has 0 bridgehead atoms. The van der Waals surface area contributed by atoms with Crippen LogP contribution in [0.3, 0.4) is 0 Å². The van der Waals surface area contributed by atoms with Crippen LogP contribution in [-0.2, 0) is 13.1 Å². The van der Waals surface area contributed by atoms with Gasteiger partial charge in [-0.25, -0.2) is 0 Å². The first-order chi connectivity index (χ1) is 9.24. The molecule has 0 radical (unpaired) electrons. The highest BCUT2D eigenvalue weighted by molar-refractivity contribution is 7.09. The molecule has 1 aromatic heterocycles. The smallest absolute Gasteiger partial charge is 0.179 e. The van der Waals surface area contributed by atoms with Gasteiger partial charge in [-0.2, -0.15) is 0 Å². The molecule has 0 spiro atoms. The number of benzene rings is 1. The third kappa shape index (κ3) is 3.62. The normalized spacial score (nSPS) is 10.5. The van der Waals surface area contributed by atoms with Crippen molar-refractivity contribution in [3.8, 4) is 11.5 Å². The van der Waals surface area contributed by atoms with Gasteiger partial charge in [0.25, 0.3) is 0 Å². The molecular formula is C14H16ClNO2S. The number of nitrogens with one attached hydrogen (secondary N) is 1. The first-order valence-corrected chi connectivity index (χ1v) is 7.14. The second-order valence-corrected chi connectivity index (χ2v) is 5.44. The number of rotatable bonds is 6. The van der Waals surface area contributed by atoms with E-state index in [-0.39, 0.29) is 0 Å². The largest absolute Gasteiger partial charge is 0.493 e. The molecule has 0 unspecified atom stereocenters. The molecular weight excluding hydrogens is 282 g/mol. The predicted molar refractivity (Wildman–Crippen MR) is 79.4 cm³/mol. The van der Waals surface area contributed by atoms with Crippen LogP contribution in [0.15, 0.2) is 29.6 Å². The van der Waals surface area contributed by atoms with E-state index in [9.17, 15) is 0 Å². The zero-order valence-electron chi connectivity index (χ0n) is 10.9. The van der Waals surface area contributed by atoms with Gasteiger partial charge in [0.05, 0.1) is 19.2 Å². The molecule has 0 amide bonds. The molecule has 1 N–H and O–H groups in total. The summed E-state index contributed by atoms with van der Waals surface area (Å²) < 4.78 is 10.5. The van der Waals surface area contributed by atoms with Gasteiger partial charge in [-0.05, 0) is 29.1 Å². The average molecular weight is 298 g/mol. The fourth-order valence-corrected chi connectivity index (χ4v) is 2.80. The number of ether oxygens (including phenoxy) is 2. The molecule has 2 rings (SSSR count). The quantitative estimate of drug-likeness (QED) is 0.882. The van der Waals surface area contributed by atoms with Crippen LogP contribution < -0.4 is 14.8 Å². The third-order valence-corrected chi connectivity index (χ3v) is 3.86. The van der Waals surface area contributed by atoms with Crippen molar-refractivity contribution in [3.05, 3.63) is 45.1 Å². The summed E-state index contributed by atoms with van der Waals surface area (Å²) in [6.45, 7) is 1.58. The Morgan fingerprint density at radius 3 is 2.68 bits per heavy atom. The second kappa shape index (κ2) is 6.80. The Morgan fingerprint density at radius 2 is 2.05 bits per heavy atom. The minimum atomic E-state index is 0.565. The fourth-order valence-electron chi connectivity index (χ4n) is 1.82. The Balaban J connectivity index is 2.02. The monoisotopic (exact) mass is 297 g/mol. The Labute approximate surface area is 122 Å². The summed E-state index contributed by atoms with van der Waals surface area (Å²) in [4.78, 5) is 1.31. The molecule has 0 fully saturated rings. The SMILES string of the molecule is COc1cc(CNCc2cccs2)cc(Cl)c1OC. The van der Waals surface area contributed by atoms with Crippen LogP contribution in [0.5, 0.6) is 11.5 Å². The molecule has 0 saturated heterocycles. The van der Waals surface area contributed by atoms with Crippen LogP contribution in [-0.4, -0.2) is 14.2 Å². The Bertz CT molecular complexity index is 528. The zero-order valence-corrected chi connectivity index (χ0v) is 12.5. The highest BCUT2D eigenvalue weighted by Gasteiger charge is 2.10. The van der Waals surface area contributed by atoms with Gasteiger partial charge in [-0.15, -0.1) is 11.3 Å². The minimum absolute atomic E-state index is 0.565. The third-order valence-electron chi connectivity index (χ3n) is 2.70. The van der Waals surface area contributed by atoms with Gasteiger partial charge in [0.1, 0.15) is 0 Å². The summed E-state index contributed by atoms with van der Waals surface area (Å²) in [7, 11) is 3.19. The van der Waals surface area contributed by atoms with Gasteiger partial charge in [-0.3, -0.25) is 0 Å². The highest BCUT2D eigenvalue weighted by atomic mass is 35.5. The number of methoxy groups -OCH3 is 2. The first kappa shape index (κ1) is 14.2. The molecule has 0 aliphatic carbocycles. The molecule has 0 aliphatic rings. The van der Waals surface area contributed by atoms with E-state index in [1.54, 1.807) is 25.6 Å². The van der Waals surface area contributed by atoms with E-state index in [1.807, 2.05) is 12.1 Å². The highest BCUT2D eigenvalue weighted by Crippen LogP contribution is 2.35. The van der Waals surface area contributed by atoms with E-state index >= 15 is 0 Å². The van der Waals surface area contributed by atoms with Crippen molar-refractivity contribution in [1.29, 1.82) is 0 Å². The minimum Gasteiger partial charge on any atom is -0.493 e. The Kier molecular flexibility index (Phi) is 5.07. The van der Waals surface area contributed by atoms with Gasteiger partial charge in [0.15, 0.2) is 11.5 Å². The molecule has 102 valence electrons. The van der Waals surface area contributed by atoms with Crippen molar-refractivity contribution >= 4 is 22.9 Å². The topological polar surface area (TPSA) is 30.5 Å². The van der Waals surface area contributed by atoms with Crippen molar-refractivity contribution in [2.45, 2.75) is 13.1 Å². The molecule has 0 atom stereocenters. The predicted octanol–water partition coefficient (Wildman–Crippen LogP) is 3.71. The van der Waals surface area contributed by atoms with E-state index in [1.165, 1.54) is 4.88 Å². The van der Waals surface area contributed by atoms with E-state index in [0.29, 0.717) is 16.5 Å². The van der Waals surface area contributed by atoms with Gasteiger partial charge >= 0.3 is 0 Å². The van der Waals surface area contributed by atoms with Gasteiger partial charge in [0, 0.05) is 18.0 Å². The molecule has 0 saturated carbocycles. The number of hydrogen-bond donors (Lipinski definition) is 1. The molecule has 19 heavy (non-hydrogen) atoms. The van der Waals surface area contributed by atoms with Crippen LogP contribution in [0.25, 0.3) is 0 Å².